The van der Waals surface area contributed by atoms with Gasteiger partial charge in [0.15, 0.2) is 0 Å². The van der Waals surface area contributed by atoms with Gasteiger partial charge in [-0.25, -0.2) is 8.42 Å². The Bertz CT molecular complexity index is 1060. The Labute approximate surface area is 192 Å². The monoisotopic (exact) mass is 458 g/mol. The number of carbonyl (C=O) groups is 1. The molecule has 1 heterocycles. The molecule has 0 aliphatic carbocycles. The largest absolute Gasteiger partial charge is 0.487 e. The molecule has 0 fully saturated rings. The maximum Gasteiger partial charge on any atom is 0.241 e. The average Bonchev–Trinajstić information content (AvgIpc) is 2.76. The molecule has 0 aromatic heterocycles. The van der Waals surface area contributed by atoms with Crippen molar-refractivity contribution in [1.29, 1.82) is 0 Å². The van der Waals surface area contributed by atoms with Crippen molar-refractivity contribution >= 4 is 21.6 Å². The zero-order valence-electron chi connectivity index (χ0n) is 19.6. The Hall–Kier alpha value is -2.54. The SMILES string of the molecule is CCC1(CC)C[C@H](NC(=O)CN(c2ccccc2C(C)C)S(C)(=O)=O)c2ccccc2O1. The van der Waals surface area contributed by atoms with Crippen LogP contribution in [0.4, 0.5) is 5.69 Å². The predicted molar refractivity (Wildman–Crippen MR) is 129 cm³/mol. The summed E-state index contributed by atoms with van der Waals surface area (Å²) in [5, 5.41) is 3.09. The number of para-hydroxylation sites is 2. The molecule has 1 aliphatic heterocycles. The number of hydrogen-bond acceptors (Lipinski definition) is 4. The molecule has 1 aliphatic rings. The molecular formula is C25H34N2O4S. The number of ether oxygens (including phenoxy) is 1. The minimum Gasteiger partial charge on any atom is -0.487 e. The summed E-state index contributed by atoms with van der Waals surface area (Å²) >= 11 is 0. The van der Waals surface area contributed by atoms with Crippen LogP contribution >= 0.6 is 0 Å². The normalized spacial score (nSPS) is 17.4. The number of nitrogens with one attached hydrogen (secondary N) is 1. The van der Waals surface area contributed by atoms with Gasteiger partial charge in [0.25, 0.3) is 0 Å². The second-order valence-electron chi connectivity index (χ2n) is 8.84. The summed E-state index contributed by atoms with van der Waals surface area (Å²) in [6.45, 7) is 7.92. The van der Waals surface area contributed by atoms with Crippen LogP contribution < -0.4 is 14.4 Å². The summed E-state index contributed by atoms with van der Waals surface area (Å²) in [5.74, 6) is 0.560. The first-order valence-corrected chi connectivity index (χ1v) is 13.1. The van der Waals surface area contributed by atoms with Gasteiger partial charge < -0.3 is 10.1 Å². The van der Waals surface area contributed by atoms with Crippen molar-refractivity contribution in [2.75, 3.05) is 17.1 Å². The summed E-state index contributed by atoms with van der Waals surface area (Å²) in [6, 6.07) is 14.8. The zero-order chi connectivity index (χ0) is 23.5. The summed E-state index contributed by atoms with van der Waals surface area (Å²) in [6.07, 6.45) is 3.42. The number of fused-ring (bicyclic) bond motifs is 1. The highest BCUT2D eigenvalue weighted by Gasteiger charge is 2.39. The molecular weight excluding hydrogens is 424 g/mol. The molecule has 1 N–H and O–H groups in total. The van der Waals surface area contributed by atoms with Gasteiger partial charge in [-0.1, -0.05) is 64.1 Å². The number of amides is 1. The van der Waals surface area contributed by atoms with Crippen LogP contribution in [0.15, 0.2) is 48.5 Å². The lowest BCUT2D eigenvalue weighted by molar-refractivity contribution is -0.121. The van der Waals surface area contributed by atoms with Crippen molar-refractivity contribution in [3.63, 3.8) is 0 Å². The van der Waals surface area contributed by atoms with Crippen LogP contribution in [-0.2, 0) is 14.8 Å². The first kappa shape index (κ1) is 24.1. The fourth-order valence-electron chi connectivity index (χ4n) is 4.38. The molecule has 1 amide bonds. The molecule has 32 heavy (non-hydrogen) atoms. The quantitative estimate of drug-likeness (QED) is 0.618. The van der Waals surface area contributed by atoms with Crippen molar-refractivity contribution < 1.29 is 17.9 Å². The van der Waals surface area contributed by atoms with E-state index >= 15 is 0 Å². The number of sulfonamides is 1. The van der Waals surface area contributed by atoms with Gasteiger partial charge in [-0.05, 0) is 36.5 Å². The van der Waals surface area contributed by atoms with Crippen molar-refractivity contribution in [2.24, 2.45) is 0 Å². The van der Waals surface area contributed by atoms with Crippen LogP contribution in [0.1, 0.15) is 70.0 Å². The second-order valence-corrected chi connectivity index (χ2v) is 10.7. The van der Waals surface area contributed by atoms with Crippen LogP contribution in [0, 0.1) is 0 Å². The third-order valence-electron chi connectivity index (χ3n) is 6.34. The van der Waals surface area contributed by atoms with E-state index in [0.29, 0.717) is 12.1 Å². The lowest BCUT2D eigenvalue weighted by atomic mass is 9.83. The summed E-state index contributed by atoms with van der Waals surface area (Å²) in [5.41, 5.74) is 2.00. The van der Waals surface area contributed by atoms with Gasteiger partial charge in [-0.3, -0.25) is 9.10 Å². The van der Waals surface area contributed by atoms with Crippen LogP contribution in [0.3, 0.4) is 0 Å². The van der Waals surface area contributed by atoms with Gasteiger partial charge in [0.2, 0.25) is 15.9 Å². The highest BCUT2D eigenvalue weighted by molar-refractivity contribution is 7.92. The highest BCUT2D eigenvalue weighted by atomic mass is 32.2. The van der Waals surface area contributed by atoms with Gasteiger partial charge in [0.1, 0.15) is 17.9 Å². The lowest BCUT2D eigenvalue weighted by Crippen LogP contribution is -2.47. The highest BCUT2D eigenvalue weighted by Crippen LogP contribution is 2.42. The first-order valence-electron chi connectivity index (χ1n) is 11.2. The molecule has 3 rings (SSSR count). The van der Waals surface area contributed by atoms with E-state index in [4.69, 9.17) is 4.74 Å². The number of anilines is 1. The van der Waals surface area contributed by atoms with E-state index in [-0.39, 0.29) is 30.0 Å². The van der Waals surface area contributed by atoms with Crippen molar-refractivity contribution in [2.45, 2.75) is 64.5 Å². The standard InChI is InChI=1S/C25H34N2O4S/c1-6-25(7-2)16-21(20-13-9-11-15-23(20)31-25)26-24(28)17-27(32(5,29)30)22-14-10-8-12-19(22)18(3)4/h8-15,18,21H,6-7,16-17H2,1-5H3,(H,26,28)/t21-/m0/s1. The third kappa shape index (κ3) is 5.09. The molecule has 6 nitrogen and oxygen atoms in total. The number of nitrogens with zero attached hydrogens (tertiary/aromatic N) is 1. The van der Waals surface area contributed by atoms with Gasteiger partial charge in [0, 0.05) is 12.0 Å². The number of benzene rings is 2. The zero-order valence-corrected chi connectivity index (χ0v) is 20.4. The number of carbonyl (C=O) groups excluding carboxylic acids is 1. The maximum atomic E-state index is 13.2. The second kappa shape index (κ2) is 9.53. The van der Waals surface area contributed by atoms with E-state index in [1.807, 2.05) is 50.2 Å². The molecule has 2 aromatic rings. The molecule has 7 heteroatoms. The Kier molecular flexibility index (Phi) is 7.18. The molecule has 2 aromatic carbocycles. The fraction of sp³-hybridized carbons (Fsp3) is 0.480. The van der Waals surface area contributed by atoms with Crippen LogP contribution in [0.25, 0.3) is 0 Å². The van der Waals surface area contributed by atoms with Crippen LogP contribution in [-0.4, -0.2) is 32.7 Å². The Morgan fingerprint density at radius 2 is 1.75 bits per heavy atom. The third-order valence-corrected chi connectivity index (χ3v) is 7.46. The van der Waals surface area contributed by atoms with Crippen LogP contribution in [0.2, 0.25) is 0 Å². The molecule has 0 radical (unpaired) electrons. The molecule has 174 valence electrons. The van der Waals surface area contributed by atoms with Crippen molar-refractivity contribution in [1.82, 2.24) is 5.32 Å². The smallest absolute Gasteiger partial charge is 0.241 e. The molecule has 0 unspecified atom stereocenters. The minimum atomic E-state index is -3.65. The van der Waals surface area contributed by atoms with E-state index in [1.54, 1.807) is 12.1 Å². The van der Waals surface area contributed by atoms with Gasteiger partial charge in [-0.2, -0.15) is 0 Å². The fourth-order valence-corrected chi connectivity index (χ4v) is 5.26. The van der Waals surface area contributed by atoms with Gasteiger partial charge in [0.05, 0.1) is 18.0 Å². The van der Waals surface area contributed by atoms with Crippen LogP contribution in [0.5, 0.6) is 5.75 Å². The summed E-state index contributed by atoms with van der Waals surface area (Å²) in [4.78, 5) is 13.2. The Balaban J connectivity index is 1.89. The van der Waals surface area contributed by atoms with Crippen molar-refractivity contribution in [3.8, 4) is 5.75 Å². The first-order chi connectivity index (χ1) is 15.1. The van der Waals surface area contributed by atoms with E-state index in [0.717, 1.165) is 36.0 Å². The molecule has 0 saturated heterocycles. The van der Waals surface area contributed by atoms with E-state index in [1.165, 1.54) is 4.31 Å². The predicted octanol–water partition coefficient (Wildman–Crippen LogP) is 4.77. The topological polar surface area (TPSA) is 75.7 Å². The maximum absolute atomic E-state index is 13.2. The summed E-state index contributed by atoms with van der Waals surface area (Å²) < 4.78 is 32.8. The van der Waals surface area contributed by atoms with Crippen molar-refractivity contribution in [3.05, 3.63) is 59.7 Å². The Morgan fingerprint density at radius 3 is 2.38 bits per heavy atom. The van der Waals surface area contributed by atoms with E-state index in [9.17, 15) is 13.2 Å². The lowest BCUT2D eigenvalue weighted by Gasteiger charge is -2.41. The molecule has 1 atom stereocenters. The molecule has 0 spiro atoms. The molecule has 0 saturated carbocycles. The molecule has 0 bridgehead atoms. The Morgan fingerprint density at radius 1 is 1.12 bits per heavy atom. The van der Waals surface area contributed by atoms with Gasteiger partial charge in [-0.15, -0.1) is 0 Å². The average molecular weight is 459 g/mol. The number of hydrogen-bond donors (Lipinski definition) is 1. The number of rotatable bonds is 8. The summed E-state index contributed by atoms with van der Waals surface area (Å²) in [7, 11) is -3.65. The van der Waals surface area contributed by atoms with E-state index in [2.05, 4.69) is 19.2 Å². The van der Waals surface area contributed by atoms with Gasteiger partial charge >= 0.3 is 0 Å². The van der Waals surface area contributed by atoms with E-state index < -0.39 is 10.0 Å². The minimum absolute atomic E-state index is 0.121.